The Bertz CT molecular complexity index is 683. The van der Waals surface area contributed by atoms with E-state index in [-0.39, 0.29) is 21.0 Å². The van der Waals surface area contributed by atoms with Crippen LogP contribution in [0.3, 0.4) is 0 Å². The highest BCUT2D eigenvalue weighted by atomic mass is 35.5. The number of hydrogen-bond acceptors (Lipinski definition) is 4. The minimum absolute atomic E-state index is 0.0809. The van der Waals surface area contributed by atoms with Gasteiger partial charge in [0, 0.05) is 6.54 Å². The third-order valence-electron chi connectivity index (χ3n) is 2.35. The smallest absolute Gasteiger partial charge is 0.229 e. The Balaban J connectivity index is 2.14. The maximum atomic E-state index is 12.7. The molecule has 0 fully saturated rings. The SMILES string of the molecule is Cc1nc(Cl)sc1S(=O)(=O)NCc1ccc(F)cc1. The lowest BCUT2D eigenvalue weighted by atomic mass is 10.2. The molecule has 0 saturated carbocycles. The molecule has 8 heteroatoms. The lowest BCUT2D eigenvalue weighted by Gasteiger charge is -2.05. The molecule has 1 aromatic heterocycles. The van der Waals surface area contributed by atoms with Gasteiger partial charge < -0.3 is 0 Å². The monoisotopic (exact) mass is 320 g/mol. The van der Waals surface area contributed by atoms with E-state index in [1.807, 2.05) is 0 Å². The van der Waals surface area contributed by atoms with E-state index in [4.69, 9.17) is 11.6 Å². The molecule has 2 rings (SSSR count). The molecule has 0 spiro atoms. The lowest BCUT2D eigenvalue weighted by molar-refractivity contribution is 0.582. The van der Waals surface area contributed by atoms with Gasteiger partial charge in [-0.1, -0.05) is 35.1 Å². The highest BCUT2D eigenvalue weighted by Crippen LogP contribution is 2.26. The average molecular weight is 321 g/mol. The molecular formula is C11H10ClFN2O2S2. The van der Waals surface area contributed by atoms with E-state index in [0.29, 0.717) is 11.3 Å². The second kappa shape index (κ2) is 5.54. The van der Waals surface area contributed by atoms with Crippen molar-refractivity contribution in [1.29, 1.82) is 0 Å². The molecule has 0 saturated heterocycles. The molecule has 102 valence electrons. The quantitative estimate of drug-likeness (QED) is 0.942. The van der Waals surface area contributed by atoms with Crippen LogP contribution in [-0.4, -0.2) is 13.4 Å². The Morgan fingerprint density at radius 2 is 2.00 bits per heavy atom. The Morgan fingerprint density at radius 3 is 2.53 bits per heavy atom. The Hall–Kier alpha value is -1.02. The van der Waals surface area contributed by atoms with Crippen molar-refractivity contribution < 1.29 is 12.8 Å². The molecule has 2 aromatic rings. The summed E-state index contributed by atoms with van der Waals surface area (Å²) in [5, 5.41) is 0. The Labute approximate surface area is 119 Å². The molecule has 0 aliphatic carbocycles. The van der Waals surface area contributed by atoms with Crippen LogP contribution < -0.4 is 4.72 Å². The van der Waals surface area contributed by atoms with E-state index in [0.717, 1.165) is 11.3 Å². The first-order valence-corrected chi connectivity index (χ1v) is 7.93. The number of halogens is 2. The number of nitrogens with one attached hydrogen (secondary N) is 1. The lowest BCUT2D eigenvalue weighted by Crippen LogP contribution is -2.23. The molecule has 1 heterocycles. The van der Waals surface area contributed by atoms with E-state index in [9.17, 15) is 12.8 Å². The Kier molecular flexibility index (Phi) is 4.19. The highest BCUT2D eigenvalue weighted by molar-refractivity contribution is 7.91. The van der Waals surface area contributed by atoms with Crippen LogP contribution in [0, 0.1) is 12.7 Å². The number of hydrogen-bond donors (Lipinski definition) is 1. The van der Waals surface area contributed by atoms with Gasteiger partial charge in [-0.25, -0.2) is 22.5 Å². The normalized spacial score (nSPS) is 11.7. The highest BCUT2D eigenvalue weighted by Gasteiger charge is 2.20. The van der Waals surface area contributed by atoms with Crippen LogP contribution in [0.15, 0.2) is 28.5 Å². The summed E-state index contributed by atoms with van der Waals surface area (Å²) in [5.74, 6) is -0.364. The number of sulfonamides is 1. The van der Waals surface area contributed by atoms with Gasteiger partial charge >= 0.3 is 0 Å². The van der Waals surface area contributed by atoms with Crippen molar-refractivity contribution in [1.82, 2.24) is 9.71 Å². The fraction of sp³-hybridized carbons (Fsp3) is 0.182. The molecule has 0 unspecified atom stereocenters. The topological polar surface area (TPSA) is 59.1 Å². The third kappa shape index (κ3) is 3.50. The zero-order valence-electron chi connectivity index (χ0n) is 9.85. The van der Waals surface area contributed by atoms with Crippen molar-refractivity contribution in [2.45, 2.75) is 17.7 Å². The number of benzene rings is 1. The van der Waals surface area contributed by atoms with Crippen LogP contribution in [0.1, 0.15) is 11.3 Å². The maximum Gasteiger partial charge on any atom is 0.252 e. The van der Waals surface area contributed by atoms with Crippen LogP contribution in [0.2, 0.25) is 4.47 Å². The fourth-order valence-electron chi connectivity index (χ4n) is 1.45. The van der Waals surface area contributed by atoms with Gasteiger partial charge in [0.1, 0.15) is 5.82 Å². The van der Waals surface area contributed by atoms with Gasteiger partial charge in [0.05, 0.1) is 5.69 Å². The first-order valence-electron chi connectivity index (χ1n) is 5.25. The summed E-state index contributed by atoms with van der Waals surface area (Å²) in [6.07, 6.45) is 0. The summed E-state index contributed by atoms with van der Waals surface area (Å²) in [6.45, 7) is 1.66. The summed E-state index contributed by atoms with van der Waals surface area (Å²) in [6, 6.07) is 5.59. The molecule has 0 bridgehead atoms. The van der Waals surface area contributed by atoms with Crippen LogP contribution in [0.4, 0.5) is 4.39 Å². The van der Waals surface area contributed by atoms with Gasteiger partial charge in [0.25, 0.3) is 10.0 Å². The first kappa shape index (κ1) is 14.4. The molecule has 1 N–H and O–H groups in total. The van der Waals surface area contributed by atoms with Gasteiger partial charge in [-0.05, 0) is 24.6 Å². The summed E-state index contributed by atoms with van der Waals surface area (Å²) in [5.41, 5.74) is 1.03. The predicted molar refractivity (Wildman–Crippen MR) is 72.3 cm³/mol. The standard InChI is InChI=1S/C11H10ClFN2O2S2/c1-7-10(18-11(12)15-7)19(16,17)14-6-8-2-4-9(13)5-3-8/h2-5,14H,6H2,1H3. The van der Waals surface area contributed by atoms with Crippen LogP contribution >= 0.6 is 22.9 Å². The largest absolute Gasteiger partial charge is 0.252 e. The second-order valence-corrected chi connectivity index (χ2v) is 7.33. The molecular weight excluding hydrogens is 311 g/mol. The van der Waals surface area contributed by atoms with Crippen molar-refractivity contribution in [3.8, 4) is 0 Å². The first-order chi connectivity index (χ1) is 8.88. The zero-order valence-corrected chi connectivity index (χ0v) is 12.2. The minimum atomic E-state index is -3.65. The van der Waals surface area contributed by atoms with Gasteiger partial charge in [-0.2, -0.15) is 0 Å². The van der Waals surface area contributed by atoms with Gasteiger partial charge in [0.2, 0.25) is 0 Å². The van der Waals surface area contributed by atoms with Gasteiger partial charge in [-0.15, -0.1) is 0 Å². The summed E-state index contributed by atoms with van der Waals surface area (Å²) in [4.78, 5) is 3.86. The van der Waals surface area contributed by atoms with Crippen molar-refractivity contribution in [3.05, 3.63) is 45.8 Å². The summed E-state index contributed by atoms with van der Waals surface area (Å²) >= 11 is 6.58. The van der Waals surface area contributed by atoms with E-state index < -0.39 is 10.0 Å². The van der Waals surface area contributed by atoms with E-state index >= 15 is 0 Å². The third-order valence-corrected chi connectivity index (χ3v) is 5.62. The molecule has 1 aromatic carbocycles. The number of thiazole rings is 1. The Morgan fingerprint density at radius 1 is 1.37 bits per heavy atom. The van der Waals surface area contributed by atoms with Crippen molar-refractivity contribution in [2.24, 2.45) is 0 Å². The van der Waals surface area contributed by atoms with E-state index in [2.05, 4.69) is 9.71 Å². The van der Waals surface area contributed by atoms with Gasteiger partial charge in [0.15, 0.2) is 8.68 Å². The van der Waals surface area contributed by atoms with Crippen molar-refractivity contribution >= 4 is 33.0 Å². The molecule has 0 amide bonds. The zero-order chi connectivity index (χ0) is 14.0. The average Bonchev–Trinajstić information content (AvgIpc) is 2.69. The number of nitrogens with zero attached hydrogens (tertiary/aromatic N) is 1. The minimum Gasteiger partial charge on any atom is -0.229 e. The summed E-state index contributed by atoms with van der Waals surface area (Å²) < 4.78 is 39.5. The predicted octanol–water partition coefficient (Wildman–Crippen LogP) is 2.72. The fourth-order valence-corrected chi connectivity index (χ4v) is 4.25. The number of aryl methyl sites for hydroxylation is 1. The van der Waals surface area contributed by atoms with E-state index in [1.54, 1.807) is 6.92 Å². The summed E-state index contributed by atoms with van der Waals surface area (Å²) in [7, 11) is -3.65. The molecule has 0 aliphatic heterocycles. The molecule has 0 atom stereocenters. The molecule has 4 nitrogen and oxygen atoms in total. The van der Waals surface area contributed by atoms with Gasteiger partial charge in [-0.3, -0.25) is 0 Å². The van der Waals surface area contributed by atoms with Crippen molar-refractivity contribution in [3.63, 3.8) is 0 Å². The van der Waals surface area contributed by atoms with Crippen LogP contribution in [0.25, 0.3) is 0 Å². The number of aromatic nitrogens is 1. The van der Waals surface area contributed by atoms with Crippen LogP contribution in [-0.2, 0) is 16.6 Å². The second-order valence-electron chi connectivity index (χ2n) is 3.79. The number of rotatable bonds is 4. The maximum absolute atomic E-state index is 12.7. The molecule has 19 heavy (non-hydrogen) atoms. The van der Waals surface area contributed by atoms with Crippen LogP contribution in [0.5, 0.6) is 0 Å². The van der Waals surface area contributed by atoms with Crippen molar-refractivity contribution in [2.75, 3.05) is 0 Å². The molecule has 0 aliphatic rings. The molecule has 0 radical (unpaired) electrons. The van der Waals surface area contributed by atoms with E-state index in [1.165, 1.54) is 24.3 Å².